The predicted octanol–water partition coefficient (Wildman–Crippen LogP) is 4.65. The molecule has 3 aromatic rings. The van der Waals surface area contributed by atoms with Crippen molar-refractivity contribution in [2.24, 2.45) is 5.10 Å². The highest BCUT2D eigenvalue weighted by Gasteiger charge is 2.13. The number of nitrogens with one attached hydrogen (secondary N) is 1. The van der Waals surface area contributed by atoms with Crippen molar-refractivity contribution >= 4 is 47.0 Å². The first kappa shape index (κ1) is 23.7. The molecule has 0 unspecified atom stereocenters. The van der Waals surface area contributed by atoms with Crippen LogP contribution in [0.5, 0.6) is 11.5 Å². The molecule has 0 radical (unpaired) electrons. The predicted molar refractivity (Wildman–Crippen MR) is 122 cm³/mol. The molecule has 0 fully saturated rings. The van der Waals surface area contributed by atoms with Crippen LogP contribution in [0, 0.1) is 10.1 Å². The minimum atomic E-state index is -0.706. The molecule has 0 saturated heterocycles. The number of benzene rings is 3. The van der Waals surface area contributed by atoms with E-state index in [9.17, 15) is 19.7 Å². The van der Waals surface area contributed by atoms with Crippen LogP contribution >= 0.6 is 23.2 Å². The summed E-state index contributed by atoms with van der Waals surface area (Å²) in [6, 6.07) is 16.1. The molecule has 11 heteroatoms. The highest BCUT2D eigenvalue weighted by atomic mass is 35.5. The zero-order valence-electron chi connectivity index (χ0n) is 16.7. The van der Waals surface area contributed by atoms with E-state index in [1.807, 2.05) is 0 Å². The Labute approximate surface area is 197 Å². The van der Waals surface area contributed by atoms with Crippen LogP contribution in [-0.2, 0) is 4.79 Å². The molecule has 1 N–H and O–H groups in total. The molecule has 0 atom stereocenters. The molecule has 9 nitrogen and oxygen atoms in total. The summed E-state index contributed by atoms with van der Waals surface area (Å²) < 4.78 is 10.7. The number of halogens is 2. The lowest BCUT2D eigenvalue weighted by Crippen LogP contribution is -2.24. The van der Waals surface area contributed by atoms with Crippen LogP contribution in [-0.4, -0.2) is 29.6 Å². The van der Waals surface area contributed by atoms with Crippen molar-refractivity contribution in [2.75, 3.05) is 6.61 Å². The molecule has 0 bridgehead atoms. The van der Waals surface area contributed by atoms with Gasteiger partial charge in [-0.25, -0.2) is 10.2 Å². The second-order valence-corrected chi connectivity index (χ2v) is 7.23. The molecule has 3 aromatic carbocycles. The minimum Gasteiger partial charge on any atom is -0.482 e. The summed E-state index contributed by atoms with van der Waals surface area (Å²) in [7, 11) is 0. The van der Waals surface area contributed by atoms with Crippen LogP contribution in [0.1, 0.15) is 15.9 Å². The van der Waals surface area contributed by atoms with Crippen LogP contribution in [0.2, 0.25) is 10.0 Å². The number of nitro groups is 1. The van der Waals surface area contributed by atoms with E-state index >= 15 is 0 Å². The van der Waals surface area contributed by atoms with Gasteiger partial charge in [0.1, 0.15) is 11.5 Å². The first-order valence-corrected chi connectivity index (χ1v) is 10.0. The second kappa shape index (κ2) is 11.1. The fourth-order valence-electron chi connectivity index (χ4n) is 2.50. The number of hydrogen-bond donors (Lipinski definition) is 1. The van der Waals surface area contributed by atoms with Gasteiger partial charge < -0.3 is 9.47 Å². The van der Waals surface area contributed by atoms with Crippen molar-refractivity contribution in [3.8, 4) is 11.5 Å². The normalized spacial score (nSPS) is 10.6. The van der Waals surface area contributed by atoms with Crippen molar-refractivity contribution in [3.63, 3.8) is 0 Å². The number of non-ortho nitro benzene ring substituents is 1. The molecule has 0 aliphatic carbocycles. The van der Waals surface area contributed by atoms with Gasteiger partial charge in [-0.05, 0) is 42.5 Å². The molecule has 0 saturated carbocycles. The van der Waals surface area contributed by atoms with Crippen molar-refractivity contribution in [1.29, 1.82) is 0 Å². The van der Waals surface area contributed by atoms with Gasteiger partial charge in [0, 0.05) is 22.7 Å². The molecule has 0 heterocycles. The maximum atomic E-state index is 12.4. The van der Waals surface area contributed by atoms with E-state index in [4.69, 9.17) is 32.7 Å². The number of nitrogens with zero attached hydrogens (tertiary/aromatic N) is 2. The van der Waals surface area contributed by atoms with Gasteiger partial charge in [-0.15, -0.1) is 0 Å². The second-order valence-electron chi connectivity index (χ2n) is 6.39. The summed E-state index contributed by atoms with van der Waals surface area (Å²) in [6.07, 6.45) is 1.30. The number of hydrogen-bond acceptors (Lipinski definition) is 7. The van der Waals surface area contributed by atoms with Crippen LogP contribution in [0.3, 0.4) is 0 Å². The Morgan fingerprint density at radius 3 is 2.45 bits per heavy atom. The van der Waals surface area contributed by atoms with Gasteiger partial charge in [-0.3, -0.25) is 14.9 Å². The Balaban J connectivity index is 1.58. The van der Waals surface area contributed by atoms with Gasteiger partial charge >= 0.3 is 5.97 Å². The molecule has 168 valence electrons. The summed E-state index contributed by atoms with van der Waals surface area (Å²) >= 11 is 11.8. The average Bonchev–Trinajstić information content (AvgIpc) is 2.79. The highest BCUT2D eigenvalue weighted by Crippen LogP contribution is 2.27. The fraction of sp³-hybridized carbons (Fsp3) is 0.0455. The fourth-order valence-corrected chi connectivity index (χ4v) is 2.96. The van der Waals surface area contributed by atoms with E-state index in [0.717, 1.165) is 0 Å². The van der Waals surface area contributed by atoms with E-state index in [-0.39, 0.29) is 28.6 Å². The summed E-state index contributed by atoms with van der Waals surface area (Å²) in [6.45, 7) is -0.338. The molecular weight excluding hydrogens is 473 g/mol. The summed E-state index contributed by atoms with van der Waals surface area (Å²) in [5, 5.41) is 15.3. The standard InChI is InChI=1S/C22H15Cl2N3O6/c23-16-7-10-20(18(24)11-16)32-13-21(28)26-25-12-15-3-1-2-4-19(15)33-22(29)14-5-8-17(9-6-14)27(30)31/h1-12H,13H2,(H,26,28)/b25-12+. The van der Waals surface area contributed by atoms with Crippen LogP contribution in [0.15, 0.2) is 71.8 Å². The number of carbonyl (C=O) groups excluding carboxylic acids is 2. The Kier molecular flexibility index (Phi) is 7.96. The number of hydrazone groups is 1. The third kappa shape index (κ3) is 6.76. The topological polar surface area (TPSA) is 120 Å². The lowest BCUT2D eigenvalue weighted by molar-refractivity contribution is -0.384. The molecule has 33 heavy (non-hydrogen) atoms. The highest BCUT2D eigenvalue weighted by molar-refractivity contribution is 6.35. The smallest absolute Gasteiger partial charge is 0.343 e. The first-order valence-electron chi connectivity index (χ1n) is 9.29. The van der Waals surface area contributed by atoms with E-state index in [0.29, 0.717) is 16.3 Å². The molecule has 1 amide bonds. The quantitative estimate of drug-likeness (QED) is 0.162. The van der Waals surface area contributed by atoms with Gasteiger partial charge in [-0.2, -0.15) is 5.10 Å². The number of para-hydroxylation sites is 1. The van der Waals surface area contributed by atoms with Gasteiger partial charge in [0.25, 0.3) is 11.6 Å². The van der Waals surface area contributed by atoms with Gasteiger partial charge in [-0.1, -0.05) is 35.3 Å². The molecule has 3 rings (SSSR count). The number of carbonyl (C=O) groups is 2. The number of esters is 1. The number of amides is 1. The van der Waals surface area contributed by atoms with Gasteiger partial charge in [0.15, 0.2) is 6.61 Å². The van der Waals surface area contributed by atoms with Crippen LogP contribution in [0.25, 0.3) is 0 Å². The average molecular weight is 488 g/mol. The monoisotopic (exact) mass is 487 g/mol. The summed E-state index contributed by atoms with van der Waals surface area (Å²) in [4.78, 5) is 34.5. The maximum absolute atomic E-state index is 12.4. The van der Waals surface area contributed by atoms with Gasteiger partial charge in [0.2, 0.25) is 0 Å². The third-order valence-corrected chi connectivity index (χ3v) is 4.61. The minimum absolute atomic E-state index is 0.138. The number of ether oxygens (including phenoxy) is 2. The Bertz CT molecular complexity index is 1220. The van der Waals surface area contributed by atoms with E-state index in [1.54, 1.807) is 24.3 Å². The lowest BCUT2D eigenvalue weighted by atomic mass is 10.2. The number of nitro benzene ring substituents is 1. The Hall–Kier alpha value is -3.95. The zero-order chi connectivity index (χ0) is 23.8. The molecule has 0 spiro atoms. The number of rotatable bonds is 8. The first-order chi connectivity index (χ1) is 15.8. The molecule has 0 aliphatic rings. The molecule has 0 aliphatic heterocycles. The van der Waals surface area contributed by atoms with Gasteiger partial charge in [0.05, 0.1) is 21.7 Å². The summed E-state index contributed by atoms with van der Waals surface area (Å²) in [5.74, 6) is -0.771. The Morgan fingerprint density at radius 2 is 1.76 bits per heavy atom. The molecule has 0 aromatic heterocycles. The van der Waals surface area contributed by atoms with E-state index in [1.165, 1.54) is 48.7 Å². The van der Waals surface area contributed by atoms with Crippen molar-refractivity contribution in [3.05, 3.63) is 98.0 Å². The maximum Gasteiger partial charge on any atom is 0.343 e. The SMILES string of the molecule is O=C(COc1ccc(Cl)cc1Cl)N/N=C/c1ccccc1OC(=O)c1ccc([N+](=O)[O-])cc1. The van der Waals surface area contributed by atoms with Crippen molar-refractivity contribution in [2.45, 2.75) is 0 Å². The van der Waals surface area contributed by atoms with E-state index < -0.39 is 16.8 Å². The Morgan fingerprint density at radius 1 is 1.03 bits per heavy atom. The van der Waals surface area contributed by atoms with Crippen molar-refractivity contribution in [1.82, 2.24) is 5.43 Å². The largest absolute Gasteiger partial charge is 0.482 e. The molecular formula is C22H15Cl2N3O6. The summed E-state index contributed by atoms with van der Waals surface area (Å²) in [5.41, 5.74) is 2.70. The zero-order valence-corrected chi connectivity index (χ0v) is 18.2. The lowest BCUT2D eigenvalue weighted by Gasteiger charge is -2.08. The van der Waals surface area contributed by atoms with Crippen LogP contribution < -0.4 is 14.9 Å². The van der Waals surface area contributed by atoms with E-state index in [2.05, 4.69) is 10.5 Å². The van der Waals surface area contributed by atoms with Crippen LogP contribution in [0.4, 0.5) is 5.69 Å². The third-order valence-electron chi connectivity index (χ3n) is 4.08. The van der Waals surface area contributed by atoms with Crippen molar-refractivity contribution < 1.29 is 24.0 Å².